The van der Waals surface area contributed by atoms with Gasteiger partial charge in [-0.3, -0.25) is 0 Å². The number of hydrogen-bond acceptors (Lipinski definition) is 1. The van der Waals surface area contributed by atoms with E-state index in [9.17, 15) is 4.39 Å². The lowest BCUT2D eigenvalue weighted by Gasteiger charge is -2.29. The molecule has 0 saturated carbocycles. The monoisotopic (exact) mass is 580 g/mol. The average molecular weight is 581 g/mol. The van der Waals surface area contributed by atoms with Crippen LogP contribution in [0.1, 0.15) is 102 Å². The lowest BCUT2D eigenvalue weighted by molar-refractivity contribution is -0.0210. The minimum absolute atomic E-state index is 0.125. The predicted molar refractivity (Wildman–Crippen MR) is 164 cm³/mol. The van der Waals surface area contributed by atoms with Gasteiger partial charge in [-0.15, -0.1) is 0 Å². The summed E-state index contributed by atoms with van der Waals surface area (Å²) in [6.07, 6.45) is 15.7. The van der Waals surface area contributed by atoms with Crippen LogP contribution in [-0.2, 0) is 11.2 Å². The summed E-state index contributed by atoms with van der Waals surface area (Å²) in [6.45, 7) is 4.73. The van der Waals surface area contributed by atoms with Crippen LogP contribution in [-0.4, -0.2) is 6.61 Å². The molecule has 0 bridgehead atoms. The summed E-state index contributed by atoms with van der Waals surface area (Å²) in [4.78, 5) is 0. The maximum Gasteiger partial charge on any atom is 0.167 e. The number of aryl methyl sites for hydroxylation is 1. The lowest BCUT2D eigenvalue weighted by Crippen LogP contribution is -2.21. The van der Waals surface area contributed by atoms with Gasteiger partial charge in [0.1, 0.15) is 0 Å². The number of rotatable bonds is 14. The van der Waals surface area contributed by atoms with E-state index in [2.05, 4.69) is 13.0 Å². The molecule has 42 heavy (non-hydrogen) atoms. The molecule has 1 fully saturated rings. The van der Waals surface area contributed by atoms with Gasteiger partial charge in [0.25, 0.3) is 0 Å². The Labute approximate surface area is 249 Å². The maximum absolute atomic E-state index is 15.2. The third-order valence-electron chi connectivity index (χ3n) is 8.53. The smallest absolute Gasteiger partial charge is 0.167 e. The summed E-state index contributed by atoms with van der Waals surface area (Å²) in [5, 5.41) is 0. The van der Waals surface area contributed by atoms with Gasteiger partial charge < -0.3 is 4.74 Å². The van der Waals surface area contributed by atoms with Gasteiger partial charge in [0.15, 0.2) is 23.3 Å². The molecule has 0 aromatic heterocycles. The SMILES string of the molecule is C/C=C/CCC1CCC(c2ccc(-c3ccc(-c4ccc(CCCCCCCCC)c(F)c4F)cc3)c(F)c2F)OC1. The van der Waals surface area contributed by atoms with Crippen LogP contribution in [0.3, 0.4) is 0 Å². The maximum atomic E-state index is 15.2. The number of hydrogen-bond donors (Lipinski definition) is 0. The standard InChI is InChI=1S/C37H44F4O/c1-3-5-7-8-9-10-12-14-29-20-21-30(35(39)34(29)38)27-16-18-28(19-17-27)31-22-23-32(37(41)36(31)40)33-24-15-26(25-42-33)13-11-6-4-2/h4,6,16-23,26,33H,3,5,7-15,24-25H2,1-2H3/b6-4+. The largest absolute Gasteiger partial charge is 0.373 e. The Hall–Kier alpha value is -2.92. The number of allylic oxidation sites excluding steroid dienone is 2. The van der Waals surface area contributed by atoms with Crippen LogP contribution >= 0.6 is 0 Å². The minimum Gasteiger partial charge on any atom is -0.373 e. The molecule has 3 aromatic carbocycles. The van der Waals surface area contributed by atoms with Crippen LogP contribution in [0, 0.1) is 29.2 Å². The highest BCUT2D eigenvalue weighted by Gasteiger charge is 2.27. The van der Waals surface area contributed by atoms with E-state index in [1.54, 1.807) is 48.5 Å². The molecule has 4 rings (SSSR count). The third kappa shape index (κ3) is 8.12. The first kappa shape index (κ1) is 32.0. The van der Waals surface area contributed by atoms with Crippen molar-refractivity contribution in [2.75, 3.05) is 6.61 Å². The van der Waals surface area contributed by atoms with Crippen LogP contribution in [0.15, 0.2) is 60.7 Å². The van der Waals surface area contributed by atoms with Gasteiger partial charge in [0, 0.05) is 16.7 Å². The topological polar surface area (TPSA) is 9.23 Å². The van der Waals surface area contributed by atoms with Crippen molar-refractivity contribution >= 4 is 0 Å². The fraction of sp³-hybridized carbons (Fsp3) is 0.459. The van der Waals surface area contributed by atoms with E-state index in [0.717, 1.165) is 38.5 Å². The lowest BCUT2D eigenvalue weighted by atomic mass is 9.90. The highest BCUT2D eigenvalue weighted by atomic mass is 19.2. The van der Waals surface area contributed by atoms with Crippen LogP contribution < -0.4 is 0 Å². The van der Waals surface area contributed by atoms with Gasteiger partial charge in [-0.2, -0.15) is 0 Å². The third-order valence-corrected chi connectivity index (χ3v) is 8.53. The van der Waals surface area contributed by atoms with E-state index in [1.807, 2.05) is 13.0 Å². The Kier molecular flexibility index (Phi) is 12.2. The van der Waals surface area contributed by atoms with Gasteiger partial charge in [0.05, 0.1) is 12.7 Å². The molecule has 0 radical (unpaired) electrons. The van der Waals surface area contributed by atoms with E-state index in [0.29, 0.717) is 42.1 Å². The van der Waals surface area contributed by atoms with Crippen LogP contribution in [0.4, 0.5) is 17.6 Å². The zero-order valence-electron chi connectivity index (χ0n) is 25.0. The van der Waals surface area contributed by atoms with Crippen molar-refractivity contribution in [1.82, 2.24) is 0 Å². The van der Waals surface area contributed by atoms with Crippen molar-refractivity contribution in [3.63, 3.8) is 0 Å². The highest BCUT2D eigenvalue weighted by Crippen LogP contribution is 2.37. The quantitative estimate of drug-likeness (QED) is 0.105. The summed E-state index contributed by atoms with van der Waals surface area (Å²) >= 11 is 0. The molecule has 0 aliphatic carbocycles. The summed E-state index contributed by atoms with van der Waals surface area (Å²) < 4.78 is 66.2. The first-order valence-electron chi connectivity index (χ1n) is 15.7. The van der Waals surface area contributed by atoms with E-state index in [1.165, 1.54) is 25.7 Å². The molecule has 1 nitrogen and oxygen atoms in total. The first-order valence-corrected chi connectivity index (χ1v) is 15.7. The predicted octanol–water partition coefficient (Wildman–Crippen LogP) is 11.7. The van der Waals surface area contributed by atoms with Crippen molar-refractivity contribution in [2.24, 2.45) is 5.92 Å². The fourth-order valence-electron chi connectivity index (χ4n) is 5.92. The molecule has 0 spiro atoms. The zero-order chi connectivity index (χ0) is 29.9. The Morgan fingerprint density at radius 2 is 1.33 bits per heavy atom. The molecule has 3 aromatic rings. The Bertz CT molecular complexity index is 1310. The van der Waals surface area contributed by atoms with Crippen molar-refractivity contribution < 1.29 is 22.3 Å². The number of ether oxygens (including phenoxy) is 1. The summed E-state index contributed by atoms with van der Waals surface area (Å²) in [7, 11) is 0. The van der Waals surface area contributed by atoms with E-state index in [4.69, 9.17) is 4.74 Å². The van der Waals surface area contributed by atoms with Crippen molar-refractivity contribution in [2.45, 2.75) is 97.0 Å². The molecule has 2 atom stereocenters. The number of halogens is 4. The van der Waals surface area contributed by atoms with E-state index < -0.39 is 29.4 Å². The molecular weight excluding hydrogens is 536 g/mol. The Balaban J connectivity index is 1.39. The summed E-state index contributed by atoms with van der Waals surface area (Å²) in [5.74, 6) is -3.06. The van der Waals surface area contributed by atoms with Crippen LogP contribution in [0.5, 0.6) is 0 Å². The van der Waals surface area contributed by atoms with Gasteiger partial charge in [0.2, 0.25) is 0 Å². The molecule has 1 saturated heterocycles. The summed E-state index contributed by atoms with van der Waals surface area (Å²) in [6, 6.07) is 12.9. The Morgan fingerprint density at radius 3 is 1.95 bits per heavy atom. The van der Waals surface area contributed by atoms with Crippen molar-refractivity contribution in [3.8, 4) is 22.3 Å². The Morgan fingerprint density at radius 1 is 0.714 bits per heavy atom. The second-order valence-corrected chi connectivity index (χ2v) is 11.6. The second kappa shape index (κ2) is 16.1. The van der Waals surface area contributed by atoms with Gasteiger partial charge in [-0.1, -0.05) is 106 Å². The molecule has 0 amide bonds. The van der Waals surface area contributed by atoms with Gasteiger partial charge in [-0.05, 0) is 68.1 Å². The second-order valence-electron chi connectivity index (χ2n) is 11.6. The first-order chi connectivity index (χ1) is 20.4. The average Bonchev–Trinajstić information content (AvgIpc) is 3.01. The highest BCUT2D eigenvalue weighted by molar-refractivity contribution is 5.71. The van der Waals surface area contributed by atoms with Crippen molar-refractivity contribution in [3.05, 3.63) is 95.1 Å². The van der Waals surface area contributed by atoms with E-state index >= 15 is 13.2 Å². The zero-order valence-corrected chi connectivity index (χ0v) is 25.0. The molecule has 1 heterocycles. The van der Waals surface area contributed by atoms with Crippen LogP contribution in [0.25, 0.3) is 22.3 Å². The molecule has 0 N–H and O–H groups in total. The van der Waals surface area contributed by atoms with Gasteiger partial charge >= 0.3 is 0 Å². The number of unbranched alkanes of at least 4 members (excludes halogenated alkanes) is 6. The molecule has 226 valence electrons. The molecule has 1 aliphatic heterocycles. The minimum atomic E-state index is -0.925. The normalized spacial score (nSPS) is 17.3. The summed E-state index contributed by atoms with van der Waals surface area (Å²) in [5.41, 5.74) is 1.86. The van der Waals surface area contributed by atoms with Crippen molar-refractivity contribution in [1.29, 1.82) is 0 Å². The molecule has 5 heteroatoms. The number of benzene rings is 3. The van der Waals surface area contributed by atoms with Crippen LogP contribution in [0.2, 0.25) is 0 Å². The molecule has 2 unspecified atom stereocenters. The fourth-order valence-corrected chi connectivity index (χ4v) is 5.92. The van der Waals surface area contributed by atoms with Gasteiger partial charge in [-0.25, -0.2) is 17.6 Å². The molecule has 1 aliphatic rings. The van der Waals surface area contributed by atoms with E-state index in [-0.39, 0.29) is 16.7 Å². The molecular formula is C37H44F4O.